The van der Waals surface area contributed by atoms with E-state index in [0.29, 0.717) is 0 Å². The van der Waals surface area contributed by atoms with E-state index in [1.54, 1.807) is 7.11 Å². The lowest BCUT2D eigenvalue weighted by molar-refractivity contribution is 0.418. The van der Waals surface area contributed by atoms with Crippen molar-refractivity contribution in [3.63, 3.8) is 0 Å². The summed E-state index contributed by atoms with van der Waals surface area (Å²) in [6.07, 6.45) is 0. The highest BCUT2D eigenvalue weighted by molar-refractivity contribution is 5.87. The molecule has 1 aromatic carbocycles. The number of fused-ring (bicyclic) bond motifs is 1. The van der Waals surface area contributed by atoms with Crippen LogP contribution in [0.5, 0.6) is 5.75 Å². The molecule has 0 saturated heterocycles. The summed E-state index contributed by atoms with van der Waals surface area (Å²) < 4.78 is 5.47. The Kier molecular flexibility index (Phi) is 4.29. The molecule has 0 spiro atoms. The second-order valence-corrected chi connectivity index (χ2v) is 6.05. The van der Waals surface area contributed by atoms with E-state index < -0.39 is 0 Å². The van der Waals surface area contributed by atoms with Gasteiger partial charge in [-0.05, 0) is 24.2 Å². The number of para-hydroxylation sites is 1. The van der Waals surface area contributed by atoms with Crippen molar-refractivity contribution in [1.82, 2.24) is 10.3 Å². The molecule has 108 valence electrons. The number of aromatic nitrogens is 1. The first-order valence-corrected chi connectivity index (χ1v) is 7.15. The standard InChI is InChI=1S/C17H24N2O/c1-6-18-11-12-10-15(17(2,3)4)19-16-13(12)8-7-9-14(16)20-5/h7-10,18H,6,11H2,1-5H3. The fourth-order valence-corrected chi connectivity index (χ4v) is 2.25. The van der Waals surface area contributed by atoms with Crippen LogP contribution in [-0.4, -0.2) is 18.6 Å². The zero-order valence-electron chi connectivity index (χ0n) is 13.1. The van der Waals surface area contributed by atoms with Gasteiger partial charge in [0.2, 0.25) is 0 Å². The Morgan fingerprint density at radius 1 is 1.25 bits per heavy atom. The number of hydrogen-bond acceptors (Lipinski definition) is 3. The lowest BCUT2D eigenvalue weighted by Crippen LogP contribution is -2.17. The SMILES string of the molecule is CCNCc1cc(C(C)(C)C)nc2c(OC)cccc12. The Morgan fingerprint density at radius 2 is 2.00 bits per heavy atom. The van der Waals surface area contributed by atoms with Gasteiger partial charge in [-0.25, -0.2) is 4.98 Å². The molecule has 0 bridgehead atoms. The average molecular weight is 272 g/mol. The first-order chi connectivity index (χ1) is 9.47. The first-order valence-electron chi connectivity index (χ1n) is 7.15. The molecule has 0 aliphatic carbocycles. The Labute approximate surface area is 121 Å². The van der Waals surface area contributed by atoms with Crippen LogP contribution >= 0.6 is 0 Å². The predicted molar refractivity (Wildman–Crippen MR) is 84.4 cm³/mol. The molecular weight excluding hydrogens is 248 g/mol. The van der Waals surface area contributed by atoms with Gasteiger partial charge in [0, 0.05) is 23.0 Å². The highest BCUT2D eigenvalue weighted by Gasteiger charge is 2.19. The molecular formula is C17H24N2O. The molecule has 0 aliphatic rings. The number of hydrogen-bond donors (Lipinski definition) is 1. The van der Waals surface area contributed by atoms with Crippen LogP contribution in [0.15, 0.2) is 24.3 Å². The second kappa shape index (κ2) is 5.80. The number of rotatable bonds is 4. The lowest BCUT2D eigenvalue weighted by Gasteiger charge is -2.21. The quantitative estimate of drug-likeness (QED) is 0.922. The fraction of sp³-hybridized carbons (Fsp3) is 0.471. The van der Waals surface area contributed by atoms with Crippen LogP contribution in [0.4, 0.5) is 0 Å². The van der Waals surface area contributed by atoms with E-state index in [0.717, 1.165) is 30.0 Å². The molecule has 0 saturated carbocycles. The van der Waals surface area contributed by atoms with Gasteiger partial charge in [-0.2, -0.15) is 0 Å². The summed E-state index contributed by atoms with van der Waals surface area (Å²) in [7, 11) is 1.70. The summed E-state index contributed by atoms with van der Waals surface area (Å²) in [5.74, 6) is 0.839. The smallest absolute Gasteiger partial charge is 0.145 e. The minimum Gasteiger partial charge on any atom is -0.494 e. The molecule has 1 heterocycles. The van der Waals surface area contributed by atoms with E-state index in [1.165, 1.54) is 10.9 Å². The Hall–Kier alpha value is -1.61. The van der Waals surface area contributed by atoms with E-state index >= 15 is 0 Å². The second-order valence-electron chi connectivity index (χ2n) is 6.05. The third-order valence-corrected chi connectivity index (χ3v) is 3.44. The van der Waals surface area contributed by atoms with Crippen molar-refractivity contribution >= 4 is 10.9 Å². The van der Waals surface area contributed by atoms with Crippen molar-refractivity contribution in [1.29, 1.82) is 0 Å². The van der Waals surface area contributed by atoms with Gasteiger partial charge in [0.25, 0.3) is 0 Å². The van der Waals surface area contributed by atoms with Crippen molar-refractivity contribution in [2.45, 2.75) is 39.7 Å². The van der Waals surface area contributed by atoms with Gasteiger partial charge in [-0.15, -0.1) is 0 Å². The normalized spacial score (nSPS) is 11.8. The van der Waals surface area contributed by atoms with E-state index in [2.05, 4.69) is 45.1 Å². The minimum atomic E-state index is 0.0238. The Balaban J connectivity index is 2.68. The van der Waals surface area contributed by atoms with Gasteiger partial charge < -0.3 is 10.1 Å². The van der Waals surface area contributed by atoms with Crippen LogP contribution in [-0.2, 0) is 12.0 Å². The minimum absolute atomic E-state index is 0.0238. The summed E-state index contributed by atoms with van der Waals surface area (Å²) in [6.45, 7) is 10.5. The molecule has 3 heteroatoms. The number of benzene rings is 1. The van der Waals surface area contributed by atoms with E-state index in [1.807, 2.05) is 12.1 Å². The van der Waals surface area contributed by atoms with Gasteiger partial charge >= 0.3 is 0 Å². The average Bonchev–Trinajstić information content (AvgIpc) is 2.42. The first kappa shape index (κ1) is 14.8. The molecule has 0 amide bonds. The molecule has 0 radical (unpaired) electrons. The van der Waals surface area contributed by atoms with Crippen LogP contribution in [0.3, 0.4) is 0 Å². The number of ether oxygens (including phenoxy) is 1. The highest BCUT2D eigenvalue weighted by Crippen LogP contribution is 2.30. The fourth-order valence-electron chi connectivity index (χ4n) is 2.25. The summed E-state index contributed by atoms with van der Waals surface area (Å²) in [5, 5.41) is 4.57. The molecule has 1 aromatic heterocycles. The number of nitrogens with zero attached hydrogens (tertiary/aromatic N) is 1. The zero-order chi connectivity index (χ0) is 14.8. The van der Waals surface area contributed by atoms with Crippen molar-refractivity contribution in [3.05, 3.63) is 35.5 Å². The Bertz CT molecular complexity index is 600. The predicted octanol–water partition coefficient (Wildman–Crippen LogP) is 3.65. The van der Waals surface area contributed by atoms with Crippen molar-refractivity contribution in [3.8, 4) is 5.75 Å². The number of pyridine rings is 1. The van der Waals surface area contributed by atoms with Crippen LogP contribution in [0, 0.1) is 0 Å². The van der Waals surface area contributed by atoms with Gasteiger partial charge in [-0.3, -0.25) is 0 Å². The number of methoxy groups -OCH3 is 1. The van der Waals surface area contributed by atoms with Crippen LogP contribution < -0.4 is 10.1 Å². The Morgan fingerprint density at radius 3 is 2.60 bits per heavy atom. The van der Waals surface area contributed by atoms with Crippen LogP contribution in [0.2, 0.25) is 0 Å². The summed E-state index contributed by atoms with van der Waals surface area (Å²) >= 11 is 0. The van der Waals surface area contributed by atoms with Gasteiger partial charge in [0.1, 0.15) is 11.3 Å². The van der Waals surface area contributed by atoms with E-state index in [-0.39, 0.29) is 5.41 Å². The van der Waals surface area contributed by atoms with E-state index in [9.17, 15) is 0 Å². The van der Waals surface area contributed by atoms with Gasteiger partial charge in [-0.1, -0.05) is 39.8 Å². The largest absolute Gasteiger partial charge is 0.494 e. The summed E-state index contributed by atoms with van der Waals surface area (Å²) in [5.41, 5.74) is 3.36. The molecule has 0 fully saturated rings. The number of nitrogens with one attached hydrogen (secondary N) is 1. The van der Waals surface area contributed by atoms with Crippen LogP contribution in [0.25, 0.3) is 10.9 Å². The molecule has 0 atom stereocenters. The molecule has 2 aromatic rings. The maximum atomic E-state index is 5.47. The molecule has 20 heavy (non-hydrogen) atoms. The topological polar surface area (TPSA) is 34.2 Å². The van der Waals surface area contributed by atoms with E-state index in [4.69, 9.17) is 9.72 Å². The van der Waals surface area contributed by atoms with Crippen molar-refractivity contribution < 1.29 is 4.74 Å². The van der Waals surface area contributed by atoms with Crippen molar-refractivity contribution in [2.75, 3.05) is 13.7 Å². The lowest BCUT2D eigenvalue weighted by atomic mass is 9.89. The van der Waals surface area contributed by atoms with Crippen LogP contribution in [0.1, 0.15) is 39.0 Å². The monoisotopic (exact) mass is 272 g/mol. The van der Waals surface area contributed by atoms with Crippen molar-refractivity contribution in [2.24, 2.45) is 0 Å². The van der Waals surface area contributed by atoms with Gasteiger partial charge in [0.15, 0.2) is 0 Å². The highest BCUT2D eigenvalue weighted by atomic mass is 16.5. The maximum Gasteiger partial charge on any atom is 0.145 e. The molecule has 1 N–H and O–H groups in total. The zero-order valence-corrected chi connectivity index (χ0v) is 13.1. The molecule has 2 rings (SSSR count). The third kappa shape index (κ3) is 2.93. The summed E-state index contributed by atoms with van der Waals surface area (Å²) in [4.78, 5) is 4.83. The third-order valence-electron chi connectivity index (χ3n) is 3.44. The summed E-state index contributed by atoms with van der Waals surface area (Å²) in [6, 6.07) is 8.32. The maximum absolute atomic E-state index is 5.47. The molecule has 3 nitrogen and oxygen atoms in total. The van der Waals surface area contributed by atoms with Gasteiger partial charge in [0.05, 0.1) is 7.11 Å². The molecule has 0 unspecified atom stereocenters. The molecule has 0 aliphatic heterocycles.